The van der Waals surface area contributed by atoms with E-state index in [-0.39, 0.29) is 0 Å². The van der Waals surface area contributed by atoms with Crippen molar-refractivity contribution >= 4 is 10.9 Å². The zero-order valence-electron chi connectivity index (χ0n) is 19.7. The van der Waals surface area contributed by atoms with Gasteiger partial charge in [0, 0.05) is 42.8 Å². The van der Waals surface area contributed by atoms with Gasteiger partial charge in [-0.15, -0.1) is 0 Å². The molecule has 5 rings (SSSR count). The summed E-state index contributed by atoms with van der Waals surface area (Å²) in [5.74, 6) is 0.749. The summed E-state index contributed by atoms with van der Waals surface area (Å²) in [6, 6.07) is 18.0. The first-order valence-corrected chi connectivity index (χ1v) is 12.0. The normalized spacial score (nSPS) is 17.8. The van der Waals surface area contributed by atoms with Gasteiger partial charge in [0.2, 0.25) is 0 Å². The molecule has 1 aliphatic rings. The second-order valence-electron chi connectivity index (χ2n) is 9.52. The number of hydrogen-bond acceptors (Lipinski definition) is 4. The van der Waals surface area contributed by atoms with Crippen LogP contribution in [-0.2, 0) is 13.0 Å². The SMILES string of the molecule is C[C@@H](c1ccccc1)N(C)C[C@@H]1CCN(CCc2c[nH]c3ccc(Cn4cncn4)cc23)C1. The molecule has 1 N–H and O–H groups in total. The van der Waals surface area contributed by atoms with Gasteiger partial charge >= 0.3 is 0 Å². The van der Waals surface area contributed by atoms with Crippen LogP contribution in [0.3, 0.4) is 0 Å². The predicted octanol–water partition coefficient (Wildman–Crippen LogP) is 4.37. The van der Waals surface area contributed by atoms with Crippen molar-refractivity contribution in [1.82, 2.24) is 29.5 Å². The highest BCUT2D eigenvalue weighted by Gasteiger charge is 2.25. The van der Waals surface area contributed by atoms with Crippen molar-refractivity contribution < 1.29 is 0 Å². The Bertz CT molecular complexity index is 1150. The molecule has 0 unspecified atom stereocenters. The maximum Gasteiger partial charge on any atom is 0.137 e. The maximum atomic E-state index is 4.23. The van der Waals surface area contributed by atoms with Gasteiger partial charge in [0.1, 0.15) is 12.7 Å². The van der Waals surface area contributed by atoms with Crippen molar-refractivity contribution in [2.45, 2.75) is 32.4 Å². The van der Waals surface area contributed by atoms with E-state index in [0.717, 1.165) is 32.0 Å². The van der Waals surface area contributed by atoms with E-state index in [1.165, 1.54) is 47.1 Å². The molecule has 0 amide bonds. The zero-order valence-corrected chi connectivity index (χ0v) is 19.7. The lowest BCUT2D eigenvalue weighted by molar-refractivity contribution is 0.216. The molecule has 2 aromatic heterocycles. The van der Waals surface area contributed by atoms with E-state index in [1.807, 2.05) is 4.68 Å². The number of benzene rings is 2. The molecule has 0 aliphatic carbocycles. The molecule has 6 heteroatoms. The van der Waals surface area contributed by atoms with Crippen molar-refractivity contribution in [2.75, 3.05) is 33.2 Å². The number of fused-ring (bicyclic) bond motifs is 1. The summed E-state index contributed by atoms with van der Waals surface area (Å²) < 4.78 is 1.87. The molecule has 33 heavy (non-hydrogen) atoms. The van der Waals surface area contributed by atoms with E-state index in [9.17, 15) is 0 Å². The number of hydrogen-bond donors (Lipinski definition) is 1. The molecule has 2 aromatic carbocycles. The van der Waals surface area contributed by atoms with Crippen LogP contribution in [0.5, 0.6) is 0 Å². The third-order valence-corrected chi connectivity index (χ3v) is 7.20. The van der Waals surface area contributed by atoms with Gasteiger partial charge in [-0.1, -0.05) is 36.4 Å². The first kappa shape index (κ1) is 21.9. The summed E-state index contributed by atoms with van der Waals surface area (Å²) in [6.45, 7) is 7.75. The molecule has 1 fully saturated rings. The standard InChI is InChI=1S/C27H34N6/c1-21(24-6-4-3-5-7-24)31(2)16-23-10-12-32(17-23)13-11-25-15-29-27-9-8-22(14-26(25)27)18-33-20-28-19-30-33/h3-9,14-15,19-21,23,29H,10-13,16-18H2,1-2H3/t21-,23-/m0/s1. The monoisotopic (exact) mass is 442 g/mol. The molecule has 2 atom stereocenters. The van der Waals surface area contributed by atoms with Crippen LogP contribution in [0, 0.1) is 5.92 Å². The highest BCUT2D eigenvalue weighted by molar-refractivity contribution is 5.83. The average Bonchev–Trinajstić information content (AvgIpc) is 3.59. The van der Waals surface area contributed by atoms with Gasteiger partial charge in [0.25, 0.3) is 0 Å². The third kappa shape index (κ3) is 5.18. The Kier molecular flexibility index (Phi) is 6.55. The number of nitrogens with one attached hydrogen (secondary N) is 1. The van der Waals surface area contributed by atoms with E-state index >= 15 is 0 Å². The number of aromatic nitrogens is 4. The molecular weight excluding hydrogens is 408 g/mol. The Morgan fingerprint density at radius 2 is 2.06 bits per heavy atom. The zero-order chi connectivity index (χ0) is 22.6. The minimum atomic E-state index is 0.457. The highest BCUT2D eigenvalue weighted by atomic mass is 15.3. The van der Waals surface area contributed by atoms with E-state index in [0.29, 0.717) is 6.04 Å². The highest BCUT2D eigenvalue weighted by Crippen LogP contribution is 2.25. The Balaban J connectivity index is 1.15. The third-order valence-electron chi connectivity index (χ3n) is 7.20. The second kappa shape index (κ2) is 9.89. The summed E-state index contributed by atoms with van der Waals surface area (Å²) in [6.07, 6.45) is 7.91. The topological polar surface area (TPSA) is 53.0 Å². The number of likely N-dealkylation sites (tertiary alicyclic amines) is 1. The smallest absolute Gasteiger partial charge is 0.137 e. The Labute approximate surface area is 196 Å². The minimum Gasteiger partial charge on any atom is -0.361 e. The molecule has 0 bridgehead atoms. The molecule has 1 saturated heterocycles. The predicted molar refractivity (Wildman–Crippen MR) is 133 cm³/mol. The van der Waals surface area contributed by atoms with E-state index < -0.39 is 0 Å². The van der Waals surface area contributed by atoms with Gasteiger partial charge in [-0.05, 0) is 68.1 Å². The quantitative estimate of drug-likeness (QED) is 0.418. The molecule has 0 radical (unpaired) electrons. The van der Waals surface area contributed by atoms with Crippen LogP contribution in [0.15, 0.2) is 67.4 Å². The van der Waals surface area contributed by atoms with Gasteiger partial charge in [0.05, 0.1) is 6.54 Å². The number of H-pyrrole nitrogens is 1. The van der Waals surface area contributed by atoms with Crippen LogP contribution in [0.1, 0.15) is 36.1 Å². The Hall–Kier alpha value is -2.96. The Morgan fingerprint density at radius 1 is 1.18 bits per heavy atom. The lowest BCUT2D eigenvalue weighted by Crippen LogP contribution is -2.31. The summed E-state index contributed by atoms with van der Waals surface area (Å²) in [4.78, 5) is 12.7. The van der Waals surface area contributed by atoms with Crippen LogP contribution >= 0.6 is 0 Å². The van der Waals surface area contributed by atoms with E-state index in [1.54, 1.807) is 12.7 Å². The lowest BCUT2D eigenvalue weighted by Gasteiger charge is -2.28. The van der Waals surface area contributed by atoms with Crippen LogP contribution in [-0.4, -0.2) is 62.8 Å². The van der Waals surface area contributed by atoms with Crippen molar-refractivity contribution in [3.63, 3.8) is 0 Å². The fraction of sp³-hybridized carbons (Fsp3) is 0.407. The summed E-state index contributed by atoms with van der Waals surface area (Å²) >= 11 is 0. The molecule has 0 saturated carbocycles. The number of nitrogens with zero attached hydrogens (tertiary/aromatic N) is 5. The van der Waals surface area contributed by atoms with Crippen LogP contribution in [0.25, 0.3) is 10.9 Å². The summed E-state index contributed by atoms with van der Waals surface area (Å²) in [7, 11) is 2.27. The number of aromatic amines is 1. The summed E-state index contributed by atoms with van der Waals surface area (Å²) in [5, 5.41) is 5.57. The van der Waals surface area contributed by atoms with Crippen LogP contribution < -0.4 is 0 Å². The first-order chi connectivity index (χ1) is 16.2. The minimum absolute atomic E-state index is 0.457. The molecule has 0 spiro atoms. The van der Waals surface area contributed by atoms with Crippen molar-refractivity contribution in [2.24, 2.45) is 5.92 Å². The second-order valence-corrected chi connectivity index (χ2v) is 9.52. The largest absolute Gasteiger partial charge is 0.361 e. The fourth-order valence-corrected chi connectivity index (χ4v) is 5.13. The fourth-order valence-electron chi connectivity index (χ4n) is 5.13. The molecular formula is C27H34N6. The van der Waals surface area contributed by atoms with Gasteiger partial charge in [-0.25, -0.2) is 9.67 Å². The maximum absolute atomic E-state index is 4.23. The van der Waals surface area contributed by atoms with Crippen molar-refractivity contribution in [3.8, 4) is 0 Å². The average molecular weight is 443 g/mol. The van der Waals surface area contributed by atoms with E-state index in [4.69, 9.17) is 0 Å². The molecule has 4 aromatic rings. The van der Waals surface area contributed by atoms with Gasteiger partial charge in [0.15, 0.2) is 0 Å². The van der Waals surface area contributed by atoms with Crippen molar-refractivity contribution in [1.29, 1.82) is 0 Å². The lowest BCUT2D eigenvalue weighted by atomic mass is 10.0. The molecule has 6 nitrogen and oxygen atoms in total. The van der Waals surface area contributed by atoms with Gasteiger partial charge in [-0.3, -0.25) is 4.90 Å². The summed E-state index contributed by atoms with van der Waals surface area (Å²) in [5.41, 5.74) is 5.27. The Morgan fingerprint density at radius 3 is 2.88 bits per heavy atom. The first-order valence-electron chi connectivity index (χ1n) is 12.0. The van der Waals surface area contributed by atoms with Crippen molar-refractivity contribution in [3.05, 3.63) is 84.1 Å². The van der Waals surface area contributed by atoms with E-state index in [2.05, 4.69) is 93.6 Å². The van der Waals surface area contributed by atoms with Gasteiger partial charge in [-0.2, -0.15) is 5.10 Å². The molecule has 1 aliphatic heterocycles. The van der Waals surface area contributed by atoms with Gasteiger partial charge < -0.3 is 9.88 Å². The number of rotatable bonds is 9. The molecule has 172 valence electrons. The van der Waals surface area contributed by atoms with Crippen LogP contribution in [0.2, 0.25) is 0 Å². The van der Waals surface area contributed by atoms with Crippen LogP contribution in [0.4, 0.5) is 0 Å². The molecule has 3 heterocycles.